The first kappa shape index (κ1) is 17.0. The van der Waals surface area contributed by atoms with Crippen molar-refractivity contribution in [1.29, 1.82) is 0 Å². The molecule has 2 heterocycles. The molecule has 2 aliphatic rings. The lowest BCUT2D eigenvalue weighted by Gasteiger charge is -2.30. The van der Waals surface area contributed by atoms with Crippen molar-refractivity contribution < 1.29 is 0 Å². The molecule has 0 bridgehead atoms. The summed E-state index contributed by atoms with van der Waals surface area (Å²) >= 11 is 0. The molecule has 0 saturated carbocycles. The Morgan fingerprint density at radius 2 is 2.00 bits per heavy atom. The third-order valence-corrected chi connectivity index (χ3v) is 3.80. The number of nitrogens with one attached hydrogen (secondary N) is 2. The van der Waals surface area contributed by atoms with Crippen molar-refractivity contribution in [3.05, 3.63) is 0 Å². The first-order valence-electron chi connectivity index (χ1n) is 7.52. The lowest BCUT2D eigenvalue weighted by atomic mass is 10.0. The van der Waals surface area contributed by atoms with Gasteiger partial charge in [-0.2, -0.15) is 0 Å². The standard InChI is InChI=1S/C14H28N4.HI/c1-12(2)10-13(18-8-3-4-9-18)11-17-14-15-6-5-7-16-14;/h12-13H,3-11H2,1-2H3,(H2,15,16,17);1H. The molecule has 2 aliphatic heterocycles. The summed E-state index contributed by atoms with van der Waals surface area (Å²) < 4.78 is 0. The molecular formula is C14H29IN4. The summed E-state index contributed by atoms with van der Waals surface area (Å²) in [6.45, 7) is 10.2. The first-order chi connectivity index (χ1) is 8.75. The van der Waals surface area contributed by atoms with Gasteiger partial charge in [-0.05, 0) is 44.7 Å². The van der Waals surface area contributed by atoms with Crippen LogP contribution < -0.4 is 10.6 Å². The maximum Gasteiger partial charge on any atom is 0.191 e. The van der Waals surface area contributed by atoms with Crippen molar-refractivity contribution in [2.24, 2.45) is 10.9 Å². The van der Waals surface area contributed by atoms with Gasteiger partial charge in [0.1, 0.15) is 0 Å². The Bertz CT molecular complexity index is 275. The van der Waals surface area contributed by atoms with E-state index in [2.05, 4.69) is 34.4 Å². The van der Waals surface area contributed by atoms with Crippen molar-refractivity contribution >= 4 is 29.9 Å². The van der Waals surface area contributed by atoms with Crippen molar-refractivity contribution in [2.75, 3.05) is 32.7 Å². The van der Waals surface area contributed by atoms with Gasteiger partial charge in [0.15, 0.2) is 5.96 Å². The Hall–Kier alpha value is -0.0400. The normalized spacial score (nSPS) is 21.5. The van der Waals surface area contributed by atoms with E-state index in [9.17, 15) is 0 Å². The zero-order valence-electron chi connectivity index (χ0n) is 12.3. The summed E-state index contributed by atoms with van der Waals surface area (Å²) in [6.07, 6.45) is 5.18. The summed E-state index contributed by atoms with van der Waals surface area (Å²) in [7, 11) is 0. The molecule has 0 aromatic heterocycles. The van der Waals surface area contributed by atoms with Gasteiger partial charge in [0, 0.05) is 25.7 Å². The molecule has 2 rings (SSSR count). The number of hydrogen-bond donors (Lipinski definition) is 2. The predicted molar refractivity (Wildman–Crippen MR) is 92.4 cm³/mol. The molecule has 112 valence electrons. The molecule has 0 amide bonds. The number of nitrogens with zero attached hydrogens (tertiary/aromatic N) is 2. The van der Waals surface area contributed by atoms with Gasteiger partial charge in [0.05, 0.1) is 0 Å². The molecule has 19 heavy (non-hydrogen) atoms. The van der Waals surface area contributed by atoms with Gasteiger partial charge in [0.2, 0.25) is 0 Å². The van der Waals surface area contributed by atoms with Crippen LogP contribution in [0.3, 0.4) is 0 Å². The first-order valence-corrected chi connectivity index (χ1v) is 7.52. The van der Waals surface area contributed by atoms with Gasteiger partial charge in [-0.25, -0.2) is 0 Å². The number of halogens is 1. The van der Waals surface area contributed by atoms with Crippen LogP contribution in [0.15, 0.2) is 4.99 Å². The molecule has 1 unspecified atom stereocenters. The summed E-state index contributed by atoms with van der Waals surface area (Å²) in [5.74, 6) is 1.77. The third-order valence-electron chi connectivity index (χ3n) is 3.80. The molecule has 1 atom stereocenters. The van der Waals surface area contributed by atoms with Crippen LogP contribution in [0.2, 0.25) is 0 Å². The van der Waals surface area contributed by atoms with E-state index in [1.807, 2.05) is 0 Å². The van der Waals surface area contributed by atoms with Crippen LogP contribution in [0, 0.1) is 5.92 Å². The number of likely N-dealkylation sites (tertiary alicyclic amines) is 1. The average molecular weight is 380 g/mol. The number of hydrogen-bond acceptors (Lipinski definition) is 4. The second kappa shape index (κ2) is 9.00. The van der Waals surface area contributed by atoms with E-state index in [1.165, 1.54) is 32.4 Å². The van der Waals surface area contributed by atoms with Crippen LogP contribution in [0.1, 0.15) is 39.5 Å². The predicted octanol–water partition coefficient (Wildman–Crippen LogP) is 2.05. The van der Waals surface area contributed by atoms with Gasteiger partial charge in [-0.3, -0.25) is 9.89 Å². The summed E-state index contributed by atoms with van der Waals surface area (Å²) in [5, 5.41) is 6.84. The molecule has 0 spiro atoms. The molecule has 0 aliphatic carbocycles. The van der Waals surface area contributed by atoms with E-state index in [4.69, 9.17) is 0 Å². The summed E-state index contributed by atoms with van der Waals surface area (Å²) in [6, 6.07) is 0.666. The van der Waals surface area contributed by atoms with Gasteiger partial charge in [-0.15, -0.1) is 24.0 Å². The molecule has 1 fully saturated rings. The van der Waals surface area contributed by atoms with E-state index in [1.54, 1.807) is 0 Å². The second-order valence-electron chi connectivity index (χ2n) is 5.92. The Morgan fingerprint density at radius 1 is 1.26 bits per heavy atom. The highest BCUT2D eigenvalue weighted by Gasteiger charge is 2.22. The number of guanidine groups is 1. The maximum absolute atomic E-state index is 4.48. The topological polar surface area (TPSA) is 39.7 Å². The third kappa shape index (κ3) is 5.85. The maximum atomic E-state index is 4.48. The Morgan fingerprint density at radius 3 is 2.58 bits per heavy atom. The zero-order chi connectivity index (χ0) is 12.8. The molecule has 0 radical (unpaired) electrons. The van der Waals surface area contributed by atoms with E-state index in [0.29, 0.717) is 6.04 Å². The largest absolute Gasteiger partial charge is 0.356 e. The highest BCUT2D eigenvalue weighted by Crippen LogP contribution is 2.17. The fourth-order valence-electron chi connectivity index (χ4n) is 2.88. The van der Waals surface area contributed by atoms with Crippen molar-refractivity contribution in [3.63, 3.8) is 0 Å². The number of rotatable bonds is 5. The Labute approximate surface area is 134 Å². The van der Waals surface area contributed by atoms with E-state index in [0.717, 1.165) is 37.9 Å². The summed E-state index contributed by atoms with van der Waals surface area (Å²) in [4.78, 5) is 7.13. The van der Waals surface area contributed by atoms with E-state index >= 15 is 0 Å². The van der Waals surface area contributed by atoms with Crippen LogP contribution in [0.25, 0.3) is 0 Å². The van der Waals surface area contributed by atoms with Crippen molar-refractivity contribution in [3.8, 4) is 0 Å². The van der Waals surface area contributed by atoms with Crippen LogP contribution in [-0.4, -0.2) is 49.6 Å². The lowest BCUT2D eigenvalue weighted by molar-refractivity contribution is 0.212. The summed E-state index contributed by atoms with van der Waals surface area (Å²) in [5.41, 5.74) is 0. The molecule has 5 heteroatoms. The van der Waals surface area contributed by atoms with E-state index in [-0.39, 0.29) is 24.0 Å². The average Bonchev–Trinajstić information content (AvgIpc) is 2.89. The Kier molecular flexibility index (Phi) is 8.06. The quantitative estimate of drug-likeness (QED) is 0.718. The van der Waals surface area contributed by atoms with Gasteiger partial charge < -0.3 is 10.6 Å². The van der Waals surface area contributed by atoms with E-state index < -0.39 is 0 Å². The molecule has 0 aromatic carbocycles. The fourth-order valence-corrected chi connectivity index (χ4v) is 2.88. The minimum atomic E-state index is 0. The monoisotopic (exact) mass is 380 g/mol. The highest BCUT2D eigenvalue weighted by atomic mass is 127. The minimum absolute atomic E-state index is 0. The Balaban J connectivity index is 0.00000180. The fraction of sp³-hybridized carbons (Fsp3) is 0.929. The van der Waals surface area contributed by atoms with Crippen molar-refractivity contribution in [2.45, 2.75) is 45.6 Å². The van der Waals surface area contributed by atoms with Gasteiger partial charge in [0.25, 0.3) is 0 Å². The molecule has 0 aromatic rings. The van der Waals surface area contributed by atoms with Crippen molar-refractivity contribution in [1.82, 2.24) is 15.5 Å². The zero-order valence-corrected chi connectivity index (χ0v) is 14.7. The van der Waals surface area contributed by atoms with Gasteiger partial charge >= 0.3 is 0 Å². The lowest BCUT2D eigenvalue weighted by Crippen LogP contribution is -2.48. The van der Waals surface area contributed by atoms with Crippen LogP contribution >= 0.6 is 24.0 Å². The minimum Gasteiger partial charge on any atom is -0.356 e. The highest BCUT2D eigenvalue weighted by molar-refractivity contribution is 14.0. The van der Waals surface area contributed by atoms with Crippen LogP contribution in [0.5, 0.6) is 0 Å². The number of aliphatic imine (C=N–C) groups is 1. The molecule has 4 nitrogen and oxygen atoms in total. The van der Waals surface area contributed by atoms with Crippen LogP contribution in [0.4, 0.5) is 0 Å². The molecular weight excluding hydrogens is 351 g/mol. The van der Waals surface area contributed by atoms with Crippen LogP contribution in [-0.2, 0) is 0 Å². The van der Waals surface area contributed by atoms with Gasteiger partial charge in [-0.1, -0.05) is 13.8 Å². The SMILES string of the molecule is CC(C)CC(CNC1=NCCCN1)N1CCCC1.I. The second-order valence-corrected chi connectivity index (χ2v) is 5.92. The molecule has 1 saturated heterocycles. The molecule has 2 N–H and O–H groups in total. The smallest absolute Gasteiger partial charge is 0.191 e.